The van der Waals surface area contributed by atoms with Gasteiger partial charge in [0.1, 0.15) is 0 Å². The molecule has 1 unspecified atom stereocenters. The summed E-state index contributed by atoms with van der Waals surface area (Å²) in [6, 6.07) is 9.52. The van der Waals surface area contributed by atoms with Crippen LogP contribution >= 0.6 is 34.4 Å². The second kappa shape index (κ2) is 10.1. The molecule has 0 saturated carbocycles. The van der Waals surface area contributed by atoms with Crippen molar-refractivity contribution < 1.29 is 0 Å². The van der Waals surface area contributed by atoms with Crippen LogP contribution in [0.4, 0.5) is 0 Å². The Kier molecular flexibility index (Phi) is 9.16. The normalized spacial score (nSPS) is 12.9. The lowest BCUT2D eigenvalue weighted by molar-refractivity contribution is 0.549. The van der Waals surface area contributed by atoms with Crippen molar-refractivity contribution in [3.05, 3.63) is 33.4 Å². The number of benzene rings is 1. The van der Waals surface area contributed by atoms with E-state index < -0.39 is 0 Å². The molecule has 3 heteroatoms. The van der Waals surface area contributed by atoms with Crippen molar-refractivity contribution in [2.45, 2.75) is 39.7 Å². The highest BCUT2D eigenvalue weighted by molar-refractivity contribution is 14.1. The lowest BCUT2D eigenvalue weighted by atomic mass is 10.1. The Morgan fingerprint density at radius 3 is 2.42 bits per heavy atom. The highest BCUT2D eigenvalue weighted by atomic mass is 127. The van der Waals surface area contributed by atoms with E-state index in [9.17, 15) is 0 Å². The molecule has 1 nitrogen and oxygen atoms in total. The zero-order valence-corrected chi connectivity index (χ0v) is 15.3. The van der Waals surface area contributed by atoms with Gasteiger partial charge in [0, 0.05) is 15.4 Å². The van der Waals surface area contributed by atoms with Gasteiger partial charge in [0.2, 0.25) is 0 Å². The molecule has 1 aromatic rings. The SMILES string of the molecule is CCCNC(CSCC(C)C)Cc1ccc(I)cc1. The second-order valence-corrected chi connectivity index (χ2v) is 7.73. The Bertz CT molecular complexity index is 337. The number of nitrogens with one attached hydrogen (secondary N) is 1. The topological polar surface area (TPSA) is 12.0 Å². The summed E-state index contributed by atoms with van der Waals surface area (Å²) in [7, 11) is 0. The summed E-state index contributed by atoms with van der Waals surface area (Å²) < 4.78 is 1.31. The van der Waals surface area contributed by atoms with Crippen LogP contribution in [0, 0.1) is 9.49 Å². The minimum atomic E-state index is 0.601. The fourth-order valence-electron chi connectivity index (χ4n) is 1.89. The molecular formula is C16H26INS. The van der Waals surface area contributed by atoms with Crippen LogP contribution in [0.3, 0.4) is 0 Å². The van der Waals surface area contributed by atoms with E-state index in [1.54, 1.807) is 0 Å². The number of halogens is 1. The minimum Gasteiger partial charge on any atom is -0.313 e. The van der Waals surface area contributed by atoms with Crippen LogP contribution in [0.1, 0.15) is 32.8 Å². The van der Waals surface area contributed by atoms with E-state index in [-0.39, 0.29) is 0 Å². The monoisotopic (exact) mass is 391 g/mol. The van der Waals surface area contributed by atoms with Crippen molar-refractivity contribution in [2.24, 2.45) is 5.92 Å². The van der Waals surface area contributed by atoms with E-state index in [1.165, 1.54) is 27.1 Å². The predicted octanol–water partition coefficient (Wildman–Crippen LogP) is 4.59. The van der Waals surface area contributed by atoms with Crippen molar-refractivity contribution >= 4 is 34.4 Å². The molecule has 19 heavy (non-hydrogen) atoms. The number of hydrogen-bond donors (Lipinski definition) is 1. The Balaban J connectivity index is 2.45. The zero-order chi connectivity index (χ0) is 14.1. The van der Waals surface area contributed by atoms with Gasteiger partial charge in [-0.3, -0.25) is 0 Å². The van der Waals surface area contributed by atoms with Crippen LogP contribution in [0.5, 0.6) is 0 Å². The largest absolute Gasteiger partial charge is 0.313 e. The van der Waals surface area contributed by atoms with Crippen molar-refractivity contribution in [2.75, 3.05) is 18.1 Å². The summed E-state index contributed by atoms with van der Waals surface area (Å²) in [4.78, 5) is 0. The van der Waals surface area contributed by atoms with Gasteiger partial charge < -0.3 is 5.32 Å². The van der Waals surface area contributed by atoms with Crippen LogP contribution in [-0.2, 0) is 6.42 Å². The maximum absolute atomic E-state index is 3.68. The van der Waals surface area contributed by atoms with E-state index in [0.717, 1.165) is 18.9 Å². The molecular weight excluding hydrogens is 365 g/mol. The maximum atomic E-state index is 3.68. The second-order valence-electron chi connectivity index (χ2n) is 5.41. The van der Waals surface area contributed by atoms with Gasteiger partial charge in [0.05, 0.1) is 0 Å². The highest BCUT2D eigenvalue weighted by Crippen LogP contribution is 2.14. The lowest BCUT2D eigenvalue weighted by Crippen LogP contribution is -2.34. The van der Waals surface area contributed by atoms with E-state index in [4.69, 9.17) is 0 Å². The quantitative estimate of drug-likeness (QED) is 0.618. The van der Waals surface area contributed by atoms with Crippen LogP contribution < -0.4 is 5.32 Å². The summed E-state index contributed by atoms with van der Waals surface area (Å²) in [5.41, 5.74) is 1.44. The smallest absolute Gasteiger partial charge is 0.0198 e. The van der Waals surface area contributed by atoms with Crippen LogP contribution in [0.15, 0.2) is 24.3 Å². The van der Waals surface area contributed by atoms with Gasteiger partial charge in [0.15, 0.2) is 0 Å². The fourth-order valence-corrected chi connectivity index (χ4v) is 3.38. The number of hydrogen-bond acceptors (Lipinski definition) is 2. The molecule has 0 radical (unpaired) electrons. The molecule has 1 rings (SSSR count). The molecule has 0 spiro atoms. The van der Waals surface area contributed by atoms with Crippen molar-refractivity contribution in [3.8, 4) is 0 Å². The van der Waals surface area contributed by atoms with Gasteiger partial charge in [-0.1, -0.05) is 32.9 Å². The van der Waals surface area contributed by atoms with E-state index >= 15 is 0 Å². The molecule has 0 aliphatic carbocycles. The Labute approximate surface area is 136 Å². The van der Waals surface area contributed by atoms with Crippen LogP contribution in [0.2, 0.25) is 0 Å². The maximum Gasteiger partial charge on any atom is 0.0198 e. The molecule has 108 valence electrons. The first-order chi connectivity index (χ1) is 9.11. The summed E-state index contributed by atoms with van der Waals surface area (Å²) in [5.74, 6) is 3.26. The lowest BCUT2D eigenvalue weighted by Gasteiger charge is -2.19. The highest BCUT2D eigenvalue weighted by Gasteiger charge is 2.09. The number of thioether (sulfide) groups is 1. The third kappa shape index (κ3) is 8.20. The standard InChI is InChI=1S/C16H26INS/c1-4-9-18-16(12-19-11-13(2)3)10-14-5-7-15(17)8-6-14/h5-8,13,16,18H,4,9-12H2,1-3H3. The van der Waals surface area contributed by atoms with E-state index in [1.807, 2.05) is 0 Å². The molecule has 1 N–H and O–H groups in total. The van der Waals surface area contributed by atoms with Gasteiger partial charge in [-0.05, 0) is 71.3 Å². The van der Waals surface area contributed by atoms with Crippen molar-refractivity contribution in [1.82, 2.24) is 5.32 Å². The van der Waals surface area contributed by atoms with Crippen LogP contribution in [-0.4, -0.2) is 24.1 Å². The molecule has 0 bridgehead atoms. The predicted molar refractivity (Wildman–Crippen MR) is 97.1 cm³/mol. The molecule has 0 aliphatic rings. The Hall–Kier alpha value is 0.260. The molecule has 1 aromatic carbocycles. The summed E-state index contributed by atoms with van der Waals surface area (Å²) in [5, 5.41) is 3.68. The molecule has 0 aliphatic heterocycles. The third-order valence-electron chi connectivity index (χ3n) is 2.85. The van der Waals surface area contributed by atoms with Crippen LogP contribution in [0.25, 0.3) is 0 Å². The Morgan fingerprint density at radius 1 is 1.16 bits per heavy atom. The first-order valence-electron chi connectivity index (χ1n) is 7.17. The van der Waals surface area contributed by atoms with Gasteiger partial charge in [0.25, 0.3) is 0 Å². The van der Waals surface area contributed by atoms with E-state index in [0.29, 0.717) is 6.04 Å². The summed E-state index contributed by atoms with van der Waals surface area (Å²) in [6.07, 6.45) is 2.35. The average molecular weight is 391 g/mol. The Morgan fingerprint density at radius 2 is 1.84 bits per heavy atom. The summed E-state index contributed by atoms with van der Waals surface area (Å²) >= 11 is 4.44. The fraction of sp³-hybridized carbons (Fsp3) is 0.625. The number of rotatable bonds is 9. The van der Waals surface area contributed by atoms with Gasteiger partial charge in [-0.2, -0.15) is 11.8 Å². The molecule has 0 amide bonds. The minimum absolute atomic E-state index is 0.601. The third-order valence-corrected chi connectivity index (χ3v) is 5.11. The van der Waals surface area contributed by atoms with Gasteiger partial charge in [-0.15, -0.1) is 0 Å². The first kappa shape index (κ1) is 17.3. The molecule has 1 atom stereocenters. The molecule has 0 heterocycles. The van der Waals surface area contributed by atoms with Gasteiger partial charge in [-0.25, -0.2) is 0 Å². The van der Waals surface area contributed by atoms with Crippen molar-refractivity contribution in [3.63, 3.8) is 0 Å². The first-order valence-corrected chi connectivity index (χ1v) is 9.40. The molecule has 0 fully saturated rings. The molecule has 0 saturated heterocycles. The molecule has 0 aromatic heterocycles. The zero-order valence-electron chi connectivity index (χ0n) is 12.3. The summed E-state index contributed by atoms with van der Waals surface area (Å²) in [6.45, 7) is 7.94. The average Bonchev–Trinajstić information content (AvgIpc) is 2.38. The van der Waals surface area contributed by atoms with Crippen molar-refractivity contribution in [1.29, 1.82) is 0 Å². The van der Waals surface area contributed by atoms with Gasteiger partial charge >= 0.3 is 0 Å². The van der Waals surface area contributed by atoms with E-state index in [2.05, 4.69) is 84.7 Å².